The molecule has 3 rings (SSSR count). The van der Waals surface area contributed by atoms with Crippen molar-refractivity contribution in [2.24, 2.45) is 0 Å². The van der Waals surface area contributed by atoms with Crippen molar-refractivity contribution in [3.8, 4) is 17.2 Å². The summed E-state index contributed by atoms with van der Waals surface area (Å²) < 4.78 is 22.1. The van der Waals surface area contributed by atoms with Crippen LogP contribution < -0.4 is 19.5 Å². The highest BCUT2D eigenvalue weighted by molar-refractivity contribution is 6.04. The van der Waals surface area contributed by atoms with E-state index in [2.05, 4.69) is 5.32 Å². The molecule has 0 spiro atoms. The molecule has 0 aliphatic rings. The lowest BCUT2D eigenvalue weighted by atomic mass is 10.2. The third-order valence-electron chi connectivity index (χ3n) is 4.69. The number of fused-ring (bicyclic) bond motifs is 1. The van der Waals surface area contributed by atoms with E-state index < -0.39 is 5.97 Å². The number of nitrogens with one attached hydrogen (secondary N) is 1. The highest BCUT2D eigenvalue weighted by Gasteiger charge is 2.12. The van der Waals surface area contributed by atoms with Crippen molar-refractivity contribution in [3.63, 3.8) is 0 Å². The van der Waals surface area contributed by atoms with Crippen LogP contribution in [0.4, 0.5) is 5.69 Å². The maximum atomic E-state index is 12.5. The molecular formula is C24H25NO7. The number of hydrogen-bond donors (Lipinski definition) is 2. The molecule has 2 N–H and O–H groups in total. The Hall–Kier alpha value is -3.94. The van der Waals surface area contributed by atoms with Crippen LogP contribution >= 0.6 is 0 Å². The number of anilines is 1. The summed E-state index contributed by atoms with van der Waals surface area (Å²) in [6.45, 7) is 2.04. The van der Waals surface area contributed by atoms with E-state index in [0.717, 1.165) is 5.39 Å². The lowest BCUT2D eigenvalue weighted by Gasteiger charge is -2.09. The third kappa shape index (κ3) is 5.60. The number of furan rings is 1. The second-order valence-electron chi connectivity index (χ2n) is 7.02. The number of carboxylic acids is 1. The van der Waals surface area contributed by atoms with Crippen LogP contribution in [-0.4, -0.2) is 37.8 Å². The van der Waals surface area contributed by atoms with Crippen LogP contribution in [0.5, 0.6) is 17.2 Å². The number of carbonyl (C=O) groups excluding carboxylic acids is 1. The van der Waals surface area contributed by atoms with Gasteiger partial charge in [-0.05, 0) is 43.2 Å². The number of hydrogen-bond acceptors (Lipinski definition) is 6. The van der Waals surface area contributed by atoms with Gasteiger partial charge in [-0.1, -0.05) is 12.1 Å². The van der Waals surface area contributed by atoms with Gasteiger partial charge in [-0.25, -0.2) is 0 Å². The van der Waals surface area contributed by atoms with Gasteiger partial charge in [0.15, 0.2) is 22.8 Å². The van der Waals surface area contributed by atoms with Crippen molar-refractivity contribution in [1.82, 2.24) is 0 Å². The van der Waals surface area contributed by atoms with Gasteiger partial charge in [-0.3, -0.25) is 9.59 Å². The molecular weight excluding hydrogens is 414 g/mol. The summed E-state index contributed by atoms with van der Waals surface area (Å²) in [5.41, 5.74) is 1.75. The van der Waals surface area contributed by atoms with Crippen molar-refractivity contribution in [1.29, 1.82) is 0 Å². The van der Waals surface area contributed by atoms with Crippen LogP contribution in [0.1, 0.15) is 25.5 Å². The molecule has 168 valence electrons. The first-order valence-electron chi connectivity index (χ1n) is 10.00. The fourth-order valence-corrected chi connectivity index (χ4v) is 3.11. The minimum Gasteiger partial charge on any atom is -0.493 e. The van der Waals surface area contributed by atoms with E-state index in [1.54, 1.807) is 38.3 Å². The van der Waals surface area contributed by atoms with E-state index in [1.807, 2.05) is 18.2 Å². The Kier molecular flexibility index (Phi) is 7.38. The monoisotopic (exact) mass is 439 g/mol. The van der Waals surface area contributed by atoms with Crippen molar-refractivity contribution >= 4 is 34.1 Å². The molecule has 8 nitrogen and oxygen atoms in total. The molecule has 0 unspecified atom stereocenters. The quantitative estimate of drug-likeness (QED) is 0.347. The summed E-state index contributed by atoms with van der Waals surface area (Å²) in [5, 5.41) is 12.4. The minimum atomic E-state index is -0.862. The molecule has 32 heavy (non-hydrogen) atoms. The highest BCUT2D eigenvalue weighted by atomic mass is 16.5. The van der Waals surface area contributed by atoms with Gasteiger partial charge in [0.05, 0.1) is 20.8 Å². The first-order chi connectivity index (χ1) is 15.4. The van der Waals surface area contributed by atoms with E-state index in [-0.39, 0.29) is 18.9 Å². The molecule has 0 saturated carbocycles. The van der Waals surface area contributed by atoms with E-state index in [9.17, 15) is 9.59 Å². The van der Waals surface area contributed by atoms with Crippen molar-refractivity contribution in [2.75, 3.05) is 26.1 Å². The summed E-state index contributed by atoms with van der Waals surface area (Å²) in [6.07, 6.45) is 1.88. The fourth-order valence-electron chi connectivity index (χ4n) is 3.11. The van der Waals surface area contributed by atoms with Gasteiger partial charge in [-0.2, -0.15) is 0 Å². The van der Waals surface area contributed by atoms with Gasteiger partial charge < -0.3 is 29.1 Å². The second-order valence-corrected chi connectivity index (χ2v) is 7.02. The largest absolute Gasteiger partial charge is 0.493 e. The molecule has 3 aromatic rings. The Morgan fingerprint density at radius 3 is 2.56 bits per heavy atom. The zero-order valence-electron chi connectivity index (χ0n) is 18.1. The molecule has 0 aliphatic carbocycles. The SMILES string of the molecule is COc1ccc(NC(=O)/C=C(/C)c2cc3cccc(OCCCC(=O)O)c3o2)cc1OC. The maximum Gasteiger partial charge on any atom is 0.303 e. The summed E-state index contributed by atoms with van der Waals surface area (Å²) >= 11 is 0. The summed E-state index contributed by atoms with van der Waals surface area (Å²) in [6, 6.07) is 12.4. The van der Waals surface area contributed by atoms with Crippen LogP contribution in [0.2, 0.25) is 0 Å². The van der Waals surface area contributed by atoms with Crippen LogP contribution in [0.3, 0.4) is 0 Å². The number of carbonyl (C=O) groups is 2. The molecule has 0 radical (unpaired) electrons. The van der Waals surface area contributed by atoms with Gasteiger partial charge in [0.2, 0.25) is 5.91 Å². The van der Waals surface area contributed by atoms with Gasteiger partial charge in [0, 0.05) is 29.6 Å². The van der Waals surface area contributed by atoms with E-state index >= 15 is 0 Å². The number of methoxy groups -OCH3 is 2. The molecule has 0 atom stereocenters. The van der Waals surface area contributed by atoms with E-state index in [0.29, 0.717) is 46.3 Å². The summed E-state index contributed by atoms with van der Waals surface area (Å²) in [4.78, 5) is 23.1. The maximum absolute atomic E-state index is 12.5. The van der Waals surface area contributed by atoms with Crippen LogP contribution in [-0.2, 0) is 9.59 Å². The number of aliphatic carboxylic acids is 1. The van der Waals surface area contributed by atoms with Crippen molar-refractivity contribution in [3.05, 3.63) is 54.3 Å². The number of allylic oxidation sites excluding steroid dienone is 1. The van der Waals surface area contributed by atoms with E-state index in [4.69, 9.17) is 23.7 Å². The highest BCUT2D eigenvalue weighted by Crippen LogP contribution is 2.32. The second kappa shape index (κ2) is 10.4. The zero-order valence-corrected chi connectivity index (χ0v) is 18.1. The average molecular weight is 439 g/mol. The zero-order chi connectivity index (χ0) is 23.1. The molecule has 0 fully saturated rings. The number of rotatable bonds is 10. The first kappa shape index (κ1) is 22.7. The summed E-state index contributed by atoms with van der Waals surface area (Å²) in [7, 11) is 3.07. The lowest BCUT2D eigenvalue weighted by Crippen LogP contribution is -2.08. The molecule has 0 saturated heterocycles. The van der Waals surface area contributed by atoms with Crippen LogP contribution in [0, 0.1) is 0 Å². The van der Waals surface area contributed by atoms with Crippen molar-refractivity contribution < 1.29 is 33.3 Å². The number of benzene rings is 2. The molecule has 8 heteroatoms. The Bertz CT molecular complexity index is 1150. The fraction of sp³-hybridized carbons (Fsp3) is 0.250. The standard InChI is InChI=1S/C24H25NO7/c1-15(12-22(26)25-17-9-10-18(29-2)21(14-17)30-3)20-13-16-6-4-7-19(24(16)32-20)31-11-5-8-23(27)28/h4,6-7,9-10,12-14H,5,8,11H2,1-3H3,(H,25,26)(H,27,28)/b15-12-. The minimum absolute atomic E-state index is 0.0381. The van der Waals surface area contributed by atoms with Gasteiger partial charge in [0.25, 0.3) is 0 Å². The van der Waals surface area contributed by atoms with Gasteiger partial charge in [-0.15, -0.1) is 0 Å². The Balaban J connectivity index is 1.73. The predicted octanol–water partition coefficient (Wildman–Crippen LogP) is 4.74. The number of ether oxygens (including phenoxy) is 3. The number of para-hydroxylation sites is 1. The Labute approximate surface area is 185 Å². The topological polar surface area (TPSA) is 107 Å². The van der Waals surface area contributed by atoms with Crippen LogP contribution in [0.15, 0.2) is 53.0 Å². The molecule has 1 amide bonds. The Morgan fingerprint density at radius 2 is 1.84 bits per heavy atom. The van der Waals surface area contributed by atoms with Gasteiger partial charge >= 0.3 is 5.97 Å². The number of amides is 1. The number of carboxylic acid groups (broad SMARTS) is 1. The predicted molar refractivity (Wildman–Crippen MR) is 120 cm³/mol. The molecule has 0 bridgehead atoms. The van der Waals surface area contributed by atoms with Crippen LogP contribution in [0.25, 0.3) is 16.5 Å². The normalized spacial score (nSPS) is 11.3. The lowest BCUT2D eigenvalue weighted by molar-refractivity contribution is -0.137. The third-order valence-corrected chi connectivity index (χ3v) is 4.69. The molecule has 0 aliphatic heterocycles. The smallest absolute Gasteiger partial charge is 0.303 e. The molecule has 1 heterocycles. The summed E-state index contributed by atoms with van der Waals surface area (Å²) in [5.74, 6) is 0.963. The van der Waals surface area contributed by atoms with Gasteiger partial charge in [0.1, 0.15) is 5.76 Å². The van der Waals surface area contributed by atoms with E-state index in [1.165, 1.54) is 13.2 Å². The average Bonchev–Trinajstić information content (AvgIpc) is 3.21. The molecule has 1 aromatic heterocycles. The first-order valence-corrected chi connectivity index (χ1v) is 10.00. The van der Waals surface area contributed by atoms with Crippen molar-refractivity contribution in [2.45, 2.75) is 19.8 Å². The Morgan fingerprint density at radius 1 is 1.06 bits per heavy atom. The molecule has 2 aromatic carbocycles.